The van der Waals surface area contributed by atoms with Gasteiger partial charge in [-0.2, -0.15) is 0 Å². The Bertz CT molecular complexity index is 1070. The number of rotatable bonds is 7. The highest BCUT2D eigenvalue weighted by Gasteiger charge is 2.26. The lowest BCUT2D eigenvalue weighted by molar-refractivity contribution is -0.143. The summed E-state index contributed by atoms with van der Waals surface area (Å²) in [6, 6.07) is 6.77. The summed E-state index contributed by atoms with van der Waals surface area (Å²) in [6.07, 6.45) is 15.6. The normalized spacial score (nSPS) is 17.3. The molecule has 1 N–H and O–H groups in total. The number of ether oxygens (including phenoxy) is 1. The van der Waals surface area contributed by atoms with Crippen LogP contribution in [0.3, 0.4) is 0 Å². The lowest BCUT2D eigenvalue weighted by Crippen LogP contribution is -2.25. The molecule has 0 radical (unpaired) electrons. The second-order valence-corrected chi connectivity index (χ2v) is 11.1. The van der Waals surface area contributed by atoms with Gasteiger partial charge in [0.1, 0.15) is 5.75 Å². The average Bonchev–Trinajstić information content (AvgIpc) is 2.73. The fraction of sp³-hybridized carbons (Fsp3) is 0.419. The molecular weight excluding hydrogens is 434 g/mol. The van der Waals surface area contributed by atoms with Crippen LogP contribution < -0.4 is 10.1 Å². The Kier molecular flexibility index (Phi) is 9.64. The van der Waals surface area contributed by atoms with Crippen LogP contribution in [0.2, 0.25) is 0 Å². The third kappa shape index (κ3) is 9.20. The van der Waals surface area contributed by atoms with Gasteiger partial charge in [-0.05, 0) is 102 Å². The van der Waals surface area contributed by atoms with Crippen LogP contribution in [0.1, 0.15) is 74.7 Å². The monoisotopic (exact) mass is 475 g/mol. The van der Waals surface area contributed by atoms with Crippen molar-refractivity contribution in [2.45, 2.75) is 74.7 Å². The molecule has 0 atom stereocenters. The molecule has 0 aliphatic heterocycles. The Balaban J connectivity index is 1.93. The molecule has 35 heavy (non-hydrogen) atoms. The van der Waals surface area contributed by atoms with Crippen molar-refractivity contribution < 1.29 is 14.3 Å². The van der Waals surface area contributed by atoms with E-state index in [0.29, 0.717) is 11.4 Å². The van der Waals surface area contributed by atoms with Crippen LogP contribution in [0.4, 0.5) is 5.69 Å². The molecule has 0 unspecified atom stereocenters. The van der Waals surface area contributed by atoms with E-state index in [4.69, 9.17) is 4.74 Å². The van der Waals surface area contributed by atoms with Crippen LogP contribution in [0, 0.1) is 10.8 Å². The van der Waals surface area contributed by atoms with Gasteiger partial charge in [0, 0.05) is 11.8 Å². The van der Waals surface area contributed by atoms with Crippen molar-refractivity contribution in [3.8, 4) is 5.75 Å². The lowest BCUT2D eigenvalue weighted by atomic mass is 9.72. The number of carbonyl (C=O) groups is 2. The predicted molar refractivity (Wildman–Crippen MR) is 146 cm³/mol. The van der Waals surface area contributed by atoms with Gasteiger partial charge in [-0.3, -0.25) is 9.59 Å². The summed E-state index contributed by atoms with van der Waals surface area (Å²) < 4.78 is 5.35. The van der Waals surface area contributed by atoms with Crippen molar-refractivity contribution in [2.75, 3.05) is 5.32 Å². The average molecular weight is 476 g/mol. The molecule has 0 saturated heterocycles. The number of hydrogen-bond acceptors (Lipinski definition) is 3. The van der Waals surface area contributed by atoms with E-state index >= 15 is 0 Å². The molecule has 0 spiro atoms. The van der Waals surface area contributed by atoms with Crippen molar-refractivity contribution in [1.82, 2.24) is 0 Å². The summed E-state index contributed by atoms with van der Waals surface area (Å²) in [4.78, 5) is 24.3. The molecule has 0 saturated carbocycles. The maximum Gasteiger partial charge on any atom is 0.316 e. The first kappa shape index (κ1) is 28.1. The van der Waals surface area contributed by atoms with Gasteiger partial charge < -0.3 is 10.1 Å². The van der Waals surface area contributed by atoms with Gasteiger partial charge in [0.2, 0.25) is 5.91 Å². The van der Waals surface area contributed by atoms with E-state index in [1.165, 1.54) is 30.4 Å². The Morgan fingerprint density at radius 3 is 2.29 bits per heavy atom. The Morgan fingerprint density at radius 1 is 1.03 bits per heavy atom. The maximum absolute atomic E-state index is 12.3. The third-order valence-electron chi connectivity index (χ3n) is 6.08. The summed E-state index contributed by atoms with van der Waals surface area (Å²) in [5, 5.41) is 2.83. The van der Waals surface area contributed by atoms with E-state index in [1.807, 2.05) is 19.1 Å². The zero-order chi connectivity index (χ0) is 26.2. The van der Waals surface area contributed by atoms with Gasteiger partial charge >= 0.3 is 5.97 Å². The molecule has 1 aliphatic carbocycles. The summed E-state index contributed by atoms with van der Waals surface area (Å²) in [5.74, 6) is -0.0640. The summed E-state index contributed by atoms with van der Waals surface area (Å²) in [5.41, 5.74) is 5.24. The fourth-order valence-corrected chi connectivity index (χ4v) is 3.93. The number of hydrogen-bond donors (Lipinski definition) is 1. The van der Waals surface area contributed by atoms with Crippen LogP contribution in [0.25, 0.3) is 0 Å². The fourth-order valence-electron chi connectivity index (χ4n) is 3.93. The first-order chi connectivity index (χ1) is 16.3. The highest BCUT2D eigenvalue weighted by molar-refractivity contribution is 6.00. The highest BCUT2D eigenvalue weighted by atomic mass is 16.5. The summed E-state index contributed by atoms with van der Waals surface area (Å²) in [6.45, 7) is 16.3. The molecule has 0 heterocycles. The number of carbonyl (C=O) groups excluding carboxylic acids is 2. The number of anilines is 1. The van der Waals surface area contributed by atoms with E-state index in [1.54, 1.807) is 51.1 Å². The molecule has 4 nitrogen and oxygen atoms in total. The number of amides is 1. The van der Waals surface area contributed by atoms with Crippen LogP contribution >= 0.6 is 0 Å². The zero-order valence-corrected chi connectivity index (χ0v) is 22.6. The Hall–Kier alpha value is -3.14. The van der Waals surface area contributed by atoms with Crippen molar-refractivity contribution in [2.24, 2.45) is 10.8 Å². The second-order valence-electron chi connectivity index (χ2n) is 11.1. The molecular formula is C31H41NO3. The van der Waals surface area contributed by atoms with E-state index in [0.717, 1.165) is 11.1 Å². The molecule has 1 aromatic rings. The summed E-state index contributed by atoms with van der Waals surface area (Å²) in [7, 11) is 0. The SMILES string of the molecule is CC1=C(/C=C/C(C)=C/C=C/C(C)=C/C(=O)Nc2ccc(OC(=O)C(C)(C)C)cc2)C(C)(C)CCC1. The second kappa shape index (κ2) is 12.0. The van der Waals surface area contributed by atoms with Gasteiger partial charge in [0.25, 0.3) is 0 Å². The Morgan fingerprint density at radius 2 is 1.69 bits per heavy atom. The molecule has 4 heteroatoms. The standard InChI is InChI=1S/C31H41NO3/c1-22(14-19-27-24(3)13-10-20-31(27,7)8)11-9-12-23(2)21-28(33)32-25-15-17-26(18-16-25)35-29(34)30(4,5)6/h9,11-12,14-19,21H,10,13,20H2,1-8H3,(H,32,33)/b12-9+,19-14+,22-11+,23-21+. The molecule has 1 aromatic carbocycles. The van der Waals surface area contributed by atoms with E-state index in [9.17, 15) is 9.59 Å². The van der Waals surface area contributed by atoms with Crippen molar-refractivity contribution in [3.05, 3.63) is 83.0 Å². The zero-order valence-electron chi connectivity index (χ0n) is 22.6. The largest absolute Gasteiger partial charge is 0.426 e. The van der Waals surface area contributed by atoms with Crippen LogP contribution in [0.5, 0.6) is 5.75 Å². The van der Waals surface area contributed by atoms with E-state index < -0.39 is 5.41 Å². The topological polar surface area (TPSA) is 55.4 Å². The van der Waals surface area contributed by atoms with Crippen LogP contribution in [-0.4, -0.2) is 11.9 Å². The molecule has 1 amide bonds. The van der Waals surface area contributed by atoms with Crippen molar-refractivity contribution in [1.29, 1.82) is 0 Å². The van der Waals surface area contributed by atoms with Gasteiger partial charge in [-0.25, -0.2) is 0 Å². The minimum Gasteiger partial charge on any atom is -0.426 e. The molecule has 0 aromatic heterocycles. The third-order valence-corrected chi connectivity index (χ3v) is 6.08. The number of allylic oxidation sites excluding steroid dienone is 9. The molecule has 2 rings (SSSR count). The first-order valence-corrected chi connectivity index (χ1v) is 12.3. The van der Waals surface area contributed by atoms with Crippen LogP contribution in [-0.2, 0) is 9.59 Å². The molecule has 1 aliphatic rings. The van der Waals surface area contributed by atoms with Gasteiger partial charge in [-0.1, -0.05) is 55.4 Å². The van der Waals surface area contributed by atoms with Crippen molar-refractivity contribution >= 4 is 17.6 Å². The van der Waals surface area contributed by atoms with Gasteiger partial charge in [0.15, 0.2) is 0 Å². The number of esters is 1. The lowest BCUT2D eigenvalue weighted by Gasteiger charge is -2.32. The van der Waals surface area contributed by atoms with Crippen molar-refractivity contribution in [3.63, 3.8) is 0 Å². The quantitative estimate of drug-likeness (QED) is 0.187. The number of nitrogens with one attached hydrogen (secondary N) is 1. The molecule has 0 fully saturated rings. The molecule has 0 bridgehead atoms. The smallest absolute Gasteiger partial charge is 0.316 e. The highest BCUT2D eigenvalue weighted by Crippen LogP contribution is 2.40. The van der Waals surface area contributed by atoms with Crippen LogP contribution in [0.15, 0.2) is 83.0 Å². The molecule has 188 valence electrons. The predicted octanol–water partition coefficient (Wildman–Crippen LogP) is 8.11. The minimum atomic E-state index is -0.574. The maximum atomic E-state index is 12.3. The number of benzene rings is 1. The first-order valence-electron chi connectivity index (χ1n) is 12.3. The van der Waals surface area contributed by atoms with E-state index in [-0.39, 0.29) is 17.3 Å². The minimum absolute atomic E-state index is 0.214. The summed E-state index contributed by atoms with van der Waals surface area (Å²) >= 11 is 0. The van der Waals surface area contributed by atoms with E-state index in [2.05, 4.69) is 51.2 Å². The van der Waals surface area contributed by atoms with Gasteiger partial charge in [0.05, 0.1) is 5.41 Å². The van der Waals surface area contributed by atoms with Gasteiger partial charge in [-0.15, -0.1) is 0 Å². The Labute approximate surface area is 211 Å².